The molecule has 1 aromatic heterocycles. The van der Waals surface area contributed by atoms with Crippen LogP contribution in [0.2, 0.25) is 0 Å². The highest BCUT2D eigenvalue weighted by Gasteiger charge is 2.40. The van der Waals surface area contributed by atoms with Crippen LogP contribution >= 0.6 is 0 Å². The quantitative estimate of drug-likeness (QED) is 0.158. The van der Waals surface area contributed by atoms with E-state index in [1.54, 1.807) is 18.2 Å². The minimum atomic E-state index is -4.45. The zero-order chi connectivity index (χ0) is 31.5. The lowest BCUT2D eigenvalue weighted by Crippen LogP contribution is -2.37. The molecule has 0 spiro atoms. The molecule has 5 rings (SSSR count). The smallest absolute Gasteiger partial charge is 0.416 e. The number of halogens is 5. The monoisotopic (exact) mass is 611 g/mol. The molecular formula is C35H38F5N3O. The number of fused-ring (bicyclic) bond motifs is 1. The molecule has 0 saturated carbocycles. The van der Waals surface area contributed by atoms with Crippen LogP contribution in [0.5, 0.6) is 5.75 Å². The van der Waals surface area contributed by atoms with E-state index < -0.39 is 18.4 Å². The van der Waals surface area contributed by atoms with Gasteiger partial charge in [-0.2, -0.15) is 22.0 Å². The average Bonchev–Trinajstić information content (AvgIpc) is 3.33. The number of ether oxygens (including phenoxy) is 1. The molecule has 0 radical (unpaired) electrons. The standard InChI is InChI=1S/C35H38F5N3O/c1-4-5-18-43-31-29(41-32(43)26-11-7-6-8-12-26)20-34(2,3)21-30(31)42(22-24-14-16-28(17-15-24)44-33(36)37)23-25-10-9-13-27(19-25)35(38,39)40/h6-17,19,30,33H,4-5,18,20-23H2,1-3H3. The van der Waals surface area contributed by atoms with Crippen LogP contribution < -0.4 is 4.74 Å². The molecule has 0 fully saturated rings. The van der Waals surface area contributed by atoms with E-state index >= 15 is 0 Å². The topological polar surface area (TPSA) is 30.3 Å². The van der Waals surface area contributed by atoms with Gasteiger partial charge >= 0.3 is 12.8 Å². The lowest BCUT2D eigenvalue weighted by molar-refractivity contribution is -0.137. The van der Waals surface area contributed by atoms with Gasteiger partial charge in [-0.3, -0.25) is 4.90 Å². The van der Waals surface area contributed by atoms with Crippen LogP contribution in [0.1, 0.15) is 74.2 Å². The molecule has 1 atom stereocenters. The van der Waals surface area contributed by atoms with Crippen LogP contribution in [0.15, 0.2) is 78.9 Å². The highest BCUT2D eigenvalue weighted by atomic mass is 19.4. The summed E-state index contributed by atoms with van der Waals surface area (Å²) in [7, 11) is 0. The average molecular weight is 612 g/mol. The fourth-order valence-electron chi connectivity index (χ4n) is 6.18. The van der Waals surface area contributed by atoms with Crippen molar-refractivity contribution < 1.29 is 26.7 Å². The third-order valence-electron chi connectivity index (χ3n) is 8.17. The van der Waals surface area contributed by atoms with E-state index in [9.17, 15) is 22.0 Å². The molecule has 1 aliphatic rings. The summed E-state index contributed by atoms with van der Waals surface area (Å²) in [4.78, 5) is 7.41. The molecule has 0 bridgehead atoms. The van der Waals surface area contributed by atoms with Crippen LogP contribution in [0.25, 0.3) is 11.4 Å². The lowest BCUT2D eigenvalue weighted by atomic mass is 9.75. The van der Waals surface area contributed by atoms with Crippen LogP contribution in [0.4, 0.5) is 22.0 Å². The normalized spacial score (nSPS) is 16.4. The van der Waals surface area contributed by atoms with Gasteiger partial charge in [0.1, 0.15) is 11.6 Å². The summed E-state index contributed by atoms with van der Waals surface area (Å²) in [6.45, 7) is 5.06. The second-order valence-corrected chi connectivity index (χ2v) is 12.3. The van der Waals surface area contributed by atoms with Crippen molar-refractivity contribution >= 4 is 0 Å². The summed E-state index contributed by atoms with van der Waals surface area (Å²) >= 11 is 0. The van der Waals surface area contributed by atoms with Gasteiger partial charge in [0.15, 0.2) is 0 Å². The zero-order valence-electron chi connectivity index (χ0n) is 25.2. The SMILES string of the molecule is CCCCn1c(-c2ccccc2)nc2c1C(N(Cc1ccc(OC(F)F)cc1)Cc1cccc(C(F)(F)F)c1)CC(C)(C)C2. The van der Waals surface area contributed by atoms with Crippen LogP contribution in [0, 0.1) is 5.41 Å². The van der Waals surface area contributed by atoms with Crippen LogP contribution in [-0.4, -0.2) is 21.1 Å². The van der Waals surface area contributed by atoms with Gasteiger partial charge in [-0.15, -0.1) is 0 Å². The Balaban J connectivity index is 1.61. The molecule has 234 valence electrons. The number of nitrogens with zero attached hydrogens (tertiary/aromatic N) is 3. The van der Waals surface area contributed by atoms with Crippen molar-refractivity contribution in [2.45, 2.75) is 84.9 Å². The maximum atomic E-state index is 13.7. The molecule has 0 saturated heterocycles. The summed E-state index contributed by atoms with van der Waals surface area (Å²) < 4.78 is 73.4. The first-order chi connectivity index (χ1) is 20.9. The molecule has 44 heavy (non-hydrogen) atoms. The molecule has 0 amide bonds. The molecular weight excluding hydrogens is 573 g/mol. The Kier molecular flexibility index (Phi) is 9.44. The Morgan fingerprint density at radius 2 is 1.66 bits per heavy atom. The first-order valence-electron chi connectivity index (χ1n) is 15.0. The number of hydrogen-bond acceptors (Lipinski definition) is 3. The minimum absolute atomic E-state index is 0.0550. The maximum absolute atomic E-state index is 13.7. The minimum Gasteiger partial charge on any atom is -0.435 e. The van der Waals surface area contributed by atoms with Crippen molar-refractivity contribution in [3.63, 3.8) is 0 Å². The number of benzene rings is 3. The van der Waals surface area contributed by atoms with Crippen molar-refractivity contribution in [3.8, 4) is 17.1 Å². The number of alkyl halides is 5. The number of imidazole rings is 1. The van der Waals surface area contributed by atoms with Crippen molar-refractivity contribution in [2.24, 2.45) is 5.41 Å². The van der Waals surface area contributed by atoms with Gasteiger partial charge in [-0.25, -0.2) is 4.98 Å². The van der Waals surface area contributed by atoms with E-state index in [0.29, 0.717) is 12.1 Å². The van der Waals surface area contributed by atoms with Crippen LogP contribution in [-0.2, 0) is 32.2 Å². The fraction of sp³-hybridized carbons (Fsp3) is 0.400. The second-order valence-electron chi connectivity index (χ2n) is 12.3. The first kappa shape index (κ1) is 31.7. The molecule has 4 nitrogen and oxygen atoms in total. The Morgan fingerprint density at radius 1 is 0.955 bits per heavy atom. The maximum Gasteiger partial charge on any atom is 0.416 e. The molecule has 3 aromatic carbocycles. The highest BCUT2D eigenvalue weighted by Crippen LogP contribution is 2.46. The van der Waals surface area contributed by atoms with E-state index in [4.69, 9.17) is 4.98 Å². The van der Waals surface area contributed by atoms with Crippen molar-refractivity contribution in [1.29, 1.82) is 0 Å². The van der Waals surface area contributed by atoms with Gasteiger partial charge in [0, 0.05) is 25.2 Å². The predicted molar refractivity (Wildman–Crippen MR) is 161 cm³/mol. The van der Waals surface area contributed by atoms with E-state index in [1.165, 1.54) is 24.3 Å². The van der Waals surface area contributed by atoms with Crippen LogP contribution in [0.3, 0.4) is 0 Å². The number of aromatic nitrogens is 2. The third-order valence-corrected chi connectivity index (χ3v) is 8.17. The van der Waals surface area contributed by atoms with E-state index in [-0.39, 0.29) is 23.8 Å². The van der Waals surface area contributed by atoms with E-state index in [0.717, 1.165) is 66.6 Å². The summed E-state index contributed by atoms with van der Waals surface area (Å²) in [6, 6.07) is 21.9. The highest BCUT2D eigenvalue weighted by molar-refractivity contribution is 5.57. The Hall–Kier alpha value is -3.72. The van der Waals surface area contributed by atoms with Gasteiger partial charge in [0.25, 0.3) is 0 Å². The van der Waals surface area contributed by atoms with Crippen molar-refractivity contribution in [2.75, 3.05) is 0 Å². The van der Waals surface area contributed by atoms with E-state index in [2.05, 4.69) is 47.1 Å². The molecule has 1 aliphatic carbocycles. The Labute approximate surface area is 255 Å². The fourth-order valence-corrected chi connectivity index (χ4v) is 6.18. The van der Waals surface area contributed by atoms with Gasteiger partial charge in [-0.05, 0) is 54.0 Å². The number of rotatable bonds is 11. The largest absolute Gasteiger partial charge is 0.435 e. The third kappa shape index (κ3) is 7.49. The molecule has 0 aliphatic heterocycles. The summed E-state index contributed by atoms with van der Waals surface area (Å²) in [5.74, 6) is 0.957. The molecule has 0 N–H and O–H groups in total. The molecule has 1 heterocycles. The molecule has 9 heteroatoms. The van der Waals surface area contributed by atoms with Gasteiger partial charge in [0.05, 0.1) is 23.0 Å². The summed E-state index contributed by atoms with van der Waals surface area (Å²) in [5, 5.41) is 0. The summed E-state index contributed by atoms with van der Waals surface area (Å²) in [6.07, 6.45) is -0.937. The summed E-state index contributed by atoms with van der Waals surface area (Å²) in [5.41, 5.74) is 3.71. The lowest BCUT2D eigenvalue weighted by Gasteiger charge is -2.41. The molecule has 1 unspecified atom stereocenters. The number of hydrogen-bond donors (Lipinski definition) is 0. The van der Waals surface area contributed by atoms with Crippen molar-refractivity contribution in [3.05, 3.63) is 107 Å². The van der Waals surface area contributed by atoms with Gasteiger partial charge < -0.3 is 9.30 Å². The predicted octanol–water partition coefficient (Wildman–Crippen LogP) is 9.69. The molecule has 4 aromatic rings. The van der Waals surface area contributed by atoms with E-state index in [1.807, 2.05) is 18.2 Å². The second kappa shape index (κ2) is 13.1. The van der Waals surface area contributed by atoms with Gasteiger partial charge in [-0.1, -0.05) is 87.9 Å². The van der Waals surface area contributed by atoms with Crippen molar-refractivity contribution in [1.82, 2.24) is 14.5 Å². The Bertz CT molecular complexity index is 1530. The van der Waals surface area contributed by atoms with Gasteiger partial charge in [0.2, 0.25) is 0 Å². The number of unbranched alkanes of at least 4 members (excludes halogenated alkanes) is 1. The zero-order valence-corrected chi connectivity index (χ0v) is 25.2. The Morgan fingerprint density at radius 3 is 2.32 bits per heavy atom. The first-order valence-corrected chi connectivity index (χ1v) is 15.0.